The van der Waals surface area contributed by atoms with E-state index in [1.807, 2.05) is 20.8 Å². The monoisotopic (exact) mass is 131 g/mol. The molecule has 0 spiro atoms. The normalized spacial score (nSPS) is 9.67. The molecule has 0 saturated heterocycles. The number of hydrogen-bond acceptors (Lipinski definition) is 1. The predicted molar refractivity (Wildman–Crippen MR) is 42.3 cm³/mol. The summed E-state index contributed by atoms with van der Waals surface area (Å²) >= 11 is 0. The molecule has 0 aromatic carbocycles. The topological polar surface area (TPSA) is 64.4 Å². The van der Waals surface area contributed by atoms with Gasteiger partial charge < -0.3 is 11.5 Å². The average Bonchev–Trinajstić information content (AvgIpc) is 1.21. The van der Waals surface area contributed by atoms with Gasteiger partial charge in [-0.1, -0.05) is 7.43 Å². The molecule has 0 atom stereocenters. The number of aliphatic imine (C=N–C) groups is 1. The maximum atomic E-state index is 5.11. The lowest BCUT2D eigenvalue weighted by Crippen LogP contribution is -2.27. The van der Waals surface area contributed by atoms with E-state index in [0.717, 1.165) is 0 Å². The smallest absolute Gasteiger partial charge is 0.186 e. The van der Waals surface area contributed by atoms with Gasteiger partial charge in [0.15, 0.2) is 5.96 Å². The van der Waals surface area contributed by atoms with Gasteiger partial charge in [-0.2, -0.15) is 0 Å². The van der Waals surface area contributed by atoms with E-state index in [0.29, 0.717) is 0 Å². The van der Waals surface area contributed by atoms with Crippen molar-refractivity contribution in [3.63, 3.8) is 0 Å². The van der Waals surface area contributed by atoms with Gasteiger partial charge in [-0.15, -0.1) is 0 Å². The minimum atomic E-state index is -0.140. The summed E-state index contributed by atoms with van der Waals surface area (Å²) in [4.78, 5) is 3.88. The number of nitrogens with zero attached hydrogens (tertiary/aromatic N) is 1. The molecule has 0 fully saturated rings. The van der Waals surface area contributed by atoms with Crippen molar-refractivity contribution < 1.29 is 0 Å². The summed E-state index contributed by atoms with van der Waals surface area (Å²) in [6.07, 6.45) is 0. The highest BCUT2D eigenvalue weighted by molar-refractivity contribution is 5.76. The van der Waals surface area contributed by atoms with Crippen molar-refractivity contribution in [3.05, 3.63) is 0 Å². The zero-order valence-electron chi connectivity index (χ0n) is 5.60. The Morgan fingerprint density at radius 1 is 1.22 bits per heavy atom. The summed E-state index contributed by atoms with van der Waals surface area (Å²) in [5.41, 5.74) is 10.1. The molecule has 0 aromatic rings. The van der Waals surface area contributed by atoms with Gasteiger partial charge in [0.25, 0.3) is 0 Å². The van der Waals surface area contributed by atoms with Crippen LogP contribution in [0, 0.1) is 0 Å². The lowest BCUT2D eigenvalue weighted by Gasteiger charge is -2.10. The predicted octanol–water partition coefficient (Wildman–Crippen LogP) is 0.694. The molecule has 3 nitrogen and oxygen atoms in total. The number of rotatable bonds is 0. The second kappa shape index (κ2) is 3.33. The van der Waals surface area contributed by atoms with Crippen LogP contribution >= 0.6 is 0 Å². The largest absolute Gasteiger partial charge is 0.370 e. The maximum Gasteiger partial charge on any atom is 0.186 e. The van der Waals surface area contributed by atoms with Gasteiger partial charge >= 0.3 is 0 Å². The number of nitrogens with two attached hydrogens (primary N) is 2. The zero-order valence-corrected chi connectivity index (χ0v) is 5.60. The molecular weight excluding hydrogens is 114 g/mol. The van der Waals surface area contributed by atoms with E-state index in [1.54, 1.807) is 0 Å². The number of guanidine groups is 1. The molecule has 0 unspecified atom stereocenters. The molecule has 0 rings (SSSR count). The lowest BCUT2D eigenvalue weighted by atomic mass is 10.1. The molecule has 0 heterocycles. The van der Waals surface area contributed by atoms with Crippen LogP contribution in [0.2, 0.25) is 0 Å². The van der Waals surface area contributed by atoms with Crippen molar-refractivity contribution in [2.45, 2.75) is 33.7 Å². The minimum absolute atomic E-state index is 0. The summed E-state index contributed by atoms with van der Waals surface area (Å²) in [6.45, 7) is 5.81. The molecular formula is C6H17N3. The van der Waals surface area contributed by atoms with Crippen molar-refractivity contribution in [2.24, 2.45) is 16.5 Å². The average molecular weight is 131 g/mol. The summed E-state index contributed by atoms with van der Waals surface area (Å²) in [6, 6.07) is 0. The SMILES string of the molecule is C.CC(C)(C)N=C(N)N. The van der Waals surface area contributed by atoms with Crippen LogP contribution in [0.3, 0.4) is 0 Å². The molecule has 9 heavy (non-hydrogen) atoms. The molecule has 0 bridgehead atoms. The fraction of sp³-hybridized carbons (Fsp3) is 0.833. The van der Waals surface area contributed by atoms with E-state index in [4.69, 9.17) is 11.5 Å². The van der Waals surface area contributed by atoms with Crippen LogP contribution in [0.25, 0.3) is 0 Å². The van der Waals surface area contributed by atoms with Crippen LogP contribution in [0.4, 0.5) is 0 Å². The molecule has 4 N–H and O–H groups in total. The van der Waals surface area contributed by atoms with Crippen molar-refractivity contribution in [3.8, 4) is 0 Å². The Morgan fingerprint density at radius 3 is 1.56 bits per heavy atom. The second-order valence-electron chi connectivity index (χ2n) is 2.71. The first kappa shape index (κ1) is 11.1. The van der Waals surface area contributed by atoms with Crippen molar-refractivity contribution in [2.75, 3.05) is 0 Å². The standard InChI is InChI=1S/C5H13N3.CH4/c1-5(2,3)8-4(6)7;/h1-3H3,(H4,6,7,8);1H4. The Hall–Kier alpha value is -0.730. The minimum Gasteiger partial charge on any atom is -0.370 e. The van der Waals surface area contributed by atoms with Gasteiger partial charge in [-0.25, -0.2) is 4.99 Å². The van der Waals surface area contributed by atoms with Crippen LogP contribution in [0.1, 0.15) is 28.2 Å². The van der Waals surface area contributed by atoms with Gasteiger partial charge in [-0.05, 0) is 20.8 Å². The van der Waals surface area contributed by atoms with E-state index in [1.165, 1.54) is 0 Å². The van der Waals surface area contributed by atoms with Crippen LogP contribution in [-0.4, -0.2) is 11.5 Å². The van der Waals surface area contributed by atoms with Gasteiger partial charge in [0.1, 0.15) is 0 Å². The van der Waals surface area contributed by atoms with Crippen LogP contribution in [0.15, 0.2) is 4.99 Å². The Balaban J connectivity index is 0. The molecule has 0 aromatic heterocycles. The van der Waals surface area contributed by atoms with E-state index in [9.17, 15) is 0 Å². The Kier molecular flexibility index (Phi) is 4.11. The van der Waals surface area contributed by atoms with E-state index >= 15 is 0 Å². The number of hydrogen-bond donors (Lipinski definition) is 2. The van der Waals surface area contributed by atoms with Crippen molar-refractivity contribution in [1.82, 2.24) is 0 Å². The van der Waals surface area contributed by atoms with Gasteiger partial charge in [0.05, 0.1) is 5.54 Å². The van der Waals surface area contributed by atoms with Gasteiger partial charge in [0, 0.05) is 0 Å². The van der Waals surface area contributed by atoms with Crippen molar-refractivity contribution >= 4 is 5.96 Å². The third-order valence-corrected chi connectivity index (χ3v) is 0.465. The van der Waals surface area contributed by atoms with E-state index in [-0.39, 0.29) is 18.9 Å². The highest BCUT2D eigenvalue weighted by atomic mass is 15.0. The summed E-state index contributed by atoms with van der Waals surface area (Å²) in [5.74, 6) is 0.150. The Morgan fingerprint density at radius 2 is 1.56 bits per heavy atom. The van der Waals surface area contributed by atoms with Crippen LogP contribution < -0.4 is 11.5 Å². The van der Waals surface area contributed by atoms with Crippen LogP contribution in [-0.2, 0) is 0 Å². The molecule has 0 radical (unpaired) electrons. The highest BCUT2D eigenvalue weighted by Crippen LogP contribution is 2.03. The Labute approximate surface area is 57.1 Å². The Bertz CT molecular complexity index is 95.4. The summed E-state index contributed by atoms with van der Waals surface area (Å²) in [7, 11) is 0. The molecule has 56 valence electrons. The first-order valence-electron chi connectivity index (χ1n) is 2.52. The van der Waals surface area contributed by atoms with Crippen molar-refractivity contribution in [1.29, 1.82) is 0 Å². The van der Waals surface area contributed by atoms with Crippen LogP contribution in [0.5, 0.6) is 0 Å². The van der Waals surface area contributed by atoms with Gasteiger partial charge in [-0.3, -0.25) is 0 Å². The van der Waals surface area contributed by atoms with E-state index in [2.05, 4.69) is 4.99 Å². The van der Waals surface area contributed by atoms with Gasteiger partial charge in [0.2, 0.25) is 0 Å². The lowest BCUT2D eigenvalue weighted by molar-refractivity contribution is 0.582. The summed E-state index contributed by atoms with van der Waals surface area (Å²) < 4.78 is 0. The molecule has 0 saturated carbocycles. The fourth-order valence-electron chi connectivity index (χ4n) is 0.387. The fourth-order valence-corrected chi connectivity index (χ4v) is 0.387. The molecule has 0 amide bonds. The van der Waals surface area contributed by atoms with E-state index < -0.39 is 0 Å². The molecule has 0 aliphatic heterocycles. The highest BCUT2D eigenvalue weighted by Gasteiger charge is 2.05. The third-order valence-electron chi connectivity index (χ3n) is 0.465. The first-order valence-corrected chi connectivity index (χ1v) is 2.52. The summed E-state index contributed by atoms with van der Waals surface area (Å²) in [5, 5.41) is 0. The molecule has 0 aliphatic carbocycles. The molecule has 3 heteroatoms. The molecule has 0 aliphatic rings. The third kappa shape index (κ3) is 11.1. The first-order chi connectivity index (χ1) is 3.42. The quantitative estimate of drug-likeness (QED) is 0.375. The zero-order chi connectivity index (χ0) is 6.78. The second-order valence-corrected chi connectivity index (χ2v) is 2.71. The maximum absolute atomic E-state index is 5.11.